The molecule has 1 saturated heterocycles. The number of piperazine rings is 1. The fourth-order valence-electron chi connectivity index (χ4n) is 3.41. The molecular weight excluding hydrogens is 410 g/mol. The second-order valence-electron chi connectivity index (χ2n) is 7.08. The maximum atomic E-state index is 12.3. The minimum atomic E-state index is -2.86. The third kappa shape index (κ3) is 5.50. The van der Waals surface area contributed by atoms with Gasteiger partial charge in [-0.05, 0) is 36.4 Å². The summed E-state index contributed by atoms with van der Waals surface area (Å²) in [6.45, 7) is 1.63. The summed E-state index contributed by atoms with van der Waals surface area (Å²) < 4.78 is 29.9. The topological polar surface area (TPSA) is 57.7 Å². The maximum absolute atomic E-state index is 12.3. The molecule has 2 aromatic carbocycles. The molecule has 1 fully saturated rings. The first-order valence-corrected chi connectivity index (χ1v) is 10.5. The molecule has 0 bridgehead atoms. The first-order valence-electron chi connectivity index (χ1n) is 9.69. The van der Waals surface area contributed by atoms with Crippen LogP contribution < -0.4 is 10.1 Å². The summed E-state index contributed by atoms with van der Waals surface area (Å²) in [6, 6.07) is 14.1. The third-order valence-electron chi connectivity index (χ3n) is 4.89. The van der Waals surface area contributed by atoms with E-state index in [9.17, 15) is 13.6 Å². The average molecular weight is 432 g/mol. The number of halogens is 2. The SMILES string of the molecule is O=C(CN1CCN(Cc2nc3ccccc3s2)CC1)Nc1ccc(OC(F)F)cc1. The van der Waals surface area contributed by atoms with Gasteiger partial charge in [0, 0.05) is 31.9 Å². The molecule has 158 valence electrons. The Balaban J connectivity index is 1.21. The van der Waals surface area contributed by atoms with Crippen LogP contribution in [0, 0.1) is 0 Å². The van der Waals surface area contributed by atoms with E-state index in [1.165, 1.54) is 16.8 Å². The van der Waals surface area contributed by atoms with Crippen LogP contribution >= 0.6 is 11.3 Å². The van der Waals surface area contributed by atoms with Crippen LogP contribution in [0.5, 0.6) is 5.75 Å². The van der Waals surface area contributed by atoms with E-state index < -0.39 is 6.61 Å². The van der Waals surface area contributed by atoms with E-state index in [0.717, 1.165) is 43.2 Å². The zero-order valence-corrected chi connectivity index (χ0v) is 17.1. The van der Waals surface area contributed by atoms with E-state index >= 15 is 0 Å². The number of nitrogens with one attached hydrogen (secondary N) is 1. The van der Waals surface area contributed by atoms with Crippen LogP contribution in [-0.2, 0) is 11.3 Å². The molecule has 1 aliphatic rings. The van der Waals surface area contributed by atoms with Gasteiger partial charge in [0.05, 0.1) is 23.3 Å². The predicted octanol–water partition coefficient (Wildman–Crippen LogP) is 3.65. The summed E-state index contributed by atoms with van der Waals surface area (Å²) in [7, 11) is 0. The number of carbonyl (C=O) groups is 1. The van der Waals surface area contributed by atoms with Gasteiger partial charge in [-0.2, -0.15) is 8.78 Å². The monoisotopic (exact) mass is 432 g/mol. The van der Waals surface area contributed by atoms with Gasteiger partial charge >= 0.3 is 6.61 Å². The molecular formula is C21H22F2N4O2S. The van der Waals surface area contributed by atoms with Crippen LogP contribution in [0.25, 0.3) is 10.2 Å². The molecule has 0 spiro atoms. The van der Waals surface area contributed by atoms with Crippen molar-refractivity contribution in [2.45, 2.75) is 13.2 Å². The molecule has 1 aliphatic heterocycles. The molecule has 9 heteroatoms. The summed E-state index contributed by atoms with van der Waals surface area (Å²) in [5.41, 5.74) is 1.60. The van der Waals surface area contributed by atoms with Gasteiger partial charge < -0.3 is 10.1 Å². The van der Waals surface area contributed by atoms with E-state index in [1.807, 2.05) is 18.2 Å². The van der Waals surface area contributed by atoms with Gasteiger partial charge in [0.25, 0.3) is 0 Å². The summed E-state index contributed by atoms with van der Waals surface area (Å²) in [5, 5.41) is 3.90. The molecule has 0 saturated carbocycles. The Hall–Kier alpha value is -2.62. The van der Waals surface area contributed by atoms with Gasteiger partial charge in [-0.1, -0.05) is 12.1 Å². The van der Waals surface area contributed by atoms with Crippen molar-refractivity contribution in [3.8, 4) is 5.75 Å². The molecule has 2 heterocycles. The Labute approximate surface area is 177 Å². The van der Waals surface area contributed by atoms with E-state index in [0.29, 0.717) is 12.2 Å². The van der Waals surface area contributed by atoms with E-state index in [-0.39, 0.29) is 11.7 Å². The number of ether oxygens (including phenoxy) is 1. The number of benzene rings is 2. The standard InChI is InChI=1S/C21H22F2N4O2S/c22-21(23)29-16-7-5-15(6-8-16)24-19(28)13-26-9-11-27(12-10-26)14-20-25-17-3-1-2-4-18(17)30-20/h1-8,21H,9-14H2,(H,24,28). The Bertz CT molecular complexity index is 955. The van der Waals surface area contributed by atoms with Crippen molar-refractivity contribution in [2.75, 3.05) is 38.0 Å². The average Bonchev–Trinajstić information content (AvgIpc) is 3.13. The lowest BCUT2D eigenvalue weighted by Crippen LogP contribution is -2.48. The van der Waals surface area contributed by atoms with Crippen LogP contribution in [0.15, 0.2) is 48.5 Å². The van der Waals surface area contributed by atoms with E-state index in [4.69, 9.17) is 4.98 Å². The highest BCUT2D eigenvalue weighted by Crippen LogP contribution is 2.23. The molecule has 1 aromatic heterocycles. The van der Waals surface area contributed by atoms with Crippen molar-refractivity contribution in [1.29, 1.82) is 0 Å². The Morgan fingerprint density at radius 1 is 1.07 bits per heavy atom. The van der Waals surface area contributed by atoms with Crippen molar-refractivity contribution < 1.29 is 18.3 Å². The fourth-order valence-corrected chi connectivity index (χ4v) is 4.42. The number of fused-ring (bicyclic) bond motifs is 1. The molecule has 0 radical (unpaired) electrons. The van der Waals surface area contributed by atoms with Crippen molar-refractivity contribution >= 4 is 33.1 Å². The Morgan fingerprint density at radius 2 is 1.77 bits per heavy atom. The van der Waals surface area contributed by atoms with Gasteiger partial charge in [-0.15, -0.1) is 11.3 Å². The lowest BCUT2D eigenvalue weighted by Gasteiger charge is -2.33. The van der Waals surface area contributed by atoms with Gasteiger partial charge in [0.15, 0.2) is 0 Å². The number of alkyl halides is 2. The number of para-hydroxylation sites is 1. The number of anilines is 1. The van der Waals surface area contributed by atoms with Crippen LogP contribution in [-0.4, -0.2) is 60.0 Å². The molecule has 30 heavy (non-hydrogen) atoms. The lowest BCUT2D eigenvalue weighted by molar-refractivity contribution is -0.117. The molecule has 1 amide bonds. The van der Waals surface area contributed by atoms with Crippen molar-refractivity contribution in [3.63, 3.8) is 0 Å². The fraction of sp³-hybridized carbons (Fsp3) is 0.333. The van der Waals surface area contributed by atoms with Crippen molar-refractivity contribution in [1.82, 2.24) is 14.8 Å². The smallest absolute Gasteiger partial charge is 0.387 e. The molecule has 0 unspecified atom stereocenters. The van der Waals surface area contributed by atoms with Crippen molar-refractivity contribution in [3.05, 3.63) is 53.5 Å². The highest BCUT2D eigenvalue weighted by atomic mass is 32.1. The third-order valence-corrected chi connectivity index (χ3v) is 5.91. The summed E-state index contributed by atoms with van der Waals surface area (Å²) in [6.07, 6.45) is 0. The number of nitrogens with zero attached hydrogens (tertiary/aromatic N) is 3. The normalized spacial score (nSPS) is 15.6. The molecule has 4 rings (SSSR count). The van der Waals surface area contributed by atoms with Crippen LogP contribution in [0.3, 0.4) is 0 Å². The number of hydrogen-bond donors (Lipinski definition) is 1. The number of thiazole rings is 1. The van der Waals surface area contributed by atoms with Crippen molar-refractivity contribution in [2.24, 2.45) is 0 Å². The lowest BCUT2D eigenvalue weighted by atomic mass is 10.3. The Kier molecular flexibility index (Phi) is 6.51. The van der Waals surface area contributed by atoms with Gasteiger partial charge in [-0.25, -0.2) is 4.98 Å². The second kappa shape index (κ2) is 9.46. The zero-order valence-electron chi connectivity index (χ0n) is 16.3. The highest BCUT2D eigenvalue weighted by molar-refractivity contribution is 7.18. The number of carbonyl (C=O) groups excluding carboxylic acids is 1. The summed E-state index contributed by atoms with van der Waals surface area (Å²) in [4.78, 5) is 21.4. The van der Waals surface area contributed by atoms with E-state index in [1.54, 1.807) is 23.5 Å². The van der Waals surface area contributed by atoms with Crippen LogP contribution in [0.2, 0.25) is 0 Å². The predicted molar refractivity (Wildman–Crippen MR) is 113 cm³/mol. The molecule has 1 N–H and O–H groups in total. The highest BCUT2D eigenvalue weighted by Gasteiger charge is 2.20. The Morgan fingerprint density at radius 3 is 2.47 bits per heavy atom. The minimum absolute atomic E-state index is 0.0623. The second-order valence-corrected chi connectivity index (χ2v) is 8.19. The van der Waals surface area contributed by atoms with Crippen LogP contribution in [0.1, 0.15) is 5.01 Å². The first-order chi connectivity index (χ1) is 14.5. The molecule has 3 aromatic rings. The number of amides is 1. The molecule has 6 nitrogen and oxygen atoms in total. The summed E-state index contributed by atoms with van der Waals surface area (Å²) in [5.74, 6) is -0.0654. The minimum Gasteiger partial charge on any atom is -0.435 e. The van der Waals surface area contributed by atoms with Gasteiger partial charge in [-0.3, -0.25) is 14.6 Å². The molecule has 0 aliphatic carbocycles. The molecule has 0 atom stereocenters. The van der Waals surface area contributed by atoms with Crippen LogP contribution in [0.4, 0.5) is 14.5 Å². The maximum Gasteiger partial charge on any atom is 0.387 e. The van der Waals surface area contributed by atoms with Gasteiger partial charge in [0.1, 0.15) is 10.8 Å². The first kappa shape index (κ1) is 20.6. The van der Waals surface area contributed by atoms with E-state index in [2.05, 4.69) is 25.9 Å². The summed E-state index contributed by atoms with van der Waals surface area (Å²) >= 11 is 1.73. The van der Waals surface area contributed by atoms with Gasteiger partial charge in [0.2, 0.25) is 5.91 Å². The quantitative estimate of drug-likeness (QED) is 0.618. The number of aromatic nitrogens is 1. The number of hydrogen-bond acceptors (Lipinski definition) is 6. The zero-order chi connectivity index (χ0) is 20.9. The number of rotatable bonds is 7. The largest absolute Gasteiger partial charge is 0.435 e.